The average molecular weight is 393 g/mol. The van der Waals surface area contributed by atoms with Gasteiger partial charge in [0.1, 0.15) is 11.1 Å². The van der Waals surface area contributed by atoms with E-state index in [4.69, 9.17) is 0 Å². The molecule has 0 aromatic carbocycles. The molecule has 0 saturated heterocycles. The molecular formula is C16H22F3N3O3S. The first-order valence-electron chi connectivity index (χ1n) is 8.41. The molecule has 1 aliphatic rings. The molecule has 26 heavy (non-hydrogen) atoms. The van der Waals surface area contributed by atoms with Crippen molar-refractivity contribution in [1.29, 1.82) is 0 Å². The van der Waals surface area contributed by atoms with Gasteiger partial charge in [0, 0.05) is 30.0 Å². The molecule has 0 bridgehead atoms. The van der Waals surface area contributed by atoms with E-state index in [0.717, 1.165) is 32.1 Å². The fraction of sp³-hybridized carbons (Fsp3) is 0.688. The summed E-state index contributed by atoms with van der Waals surface area (Å²) in [6.45, 7) is 1.48. The third kappa shape index (κ3) is 5.15. The van der Waals surface area contributed by atoms with Gasteiger partial charge in [0.2, 0.25) is 5.91 Å². The summed E-state index contributed by atoms with van der Waals surface area (Å²) in [5, 5.41) is -0.901. The van der Waals surface area contributed by atoms with Crippen molar-refractivity contribution < 1.29 is 22.2 Å². The van der Waals surface area contributed by atoms with E-state index in [9.17, 15) is 27.0 Å². The van der Waals surface area contributed by atoms with Crippen molar-refractivity contribution >= 4 is 16.7 Å². The average Bonchev–Trinajstić information content (AvgIpc) is 2.59. The summed E-state index contributed by atoms with van der Waals surface area (Å²) in [6.07, 6.45) is 0.222. The van der Waals surface area contributed by atoms with Gasteiger partial charge in [-0.05, 0) is 19.8 Å². The van der Waals surface area contributed by atoms with Gasteiger partial charge in [-0.2, -0.15) is 13.2 Å². The van der Waals surface area contributed by atoms with Crippen LogP contribution in [0.2, 0.25) is 0 Å². The quantitative estimate of drug-likeness (QED) is 0.832. The lowest BCUT2D eigenvalue weighted by Crippen LogP contribution is -2.44. The summed E-state index contributed by atoms with van der Waals surface area (Å²) in [6, 6.07) is 0.444. The second-order valence-corrected chi connectivity index (χ2v) is 8.24. The molecule has 2 unspecified atom stereocenters. The highest BCUT2D eigenvalue weighted by Crippen LogP contribution is 2.26. The molecule has 1 aromatic rings. The first-order valence-corrected chi connectivity index (χ1v) is 9.79. The zero-order valence-electron chi connectivity index (χ0n) is 14.6. The molecule has 2 rings (SSSR count). The van der Waals surface area contributed by atoms with Crippen LogP contribution in [0.3, 0.4) is 0 Å². The van der Waals surface area contributed by atoms with Crippen LogP contribution in [0.15, 0.2) is 10.9 Å². The van der Waals surface area contributed by atoms with Crippen LogP contribution in [-0.2, 0) is 27.5 Å². The highest BCUT2D eigenvalue weighted by atomic mass is 32.2. The predicted octanol–water partition coefficient (Wildman–Crippen LogP) is 2.22. The maximum absolute atomic E-state index is 12.7. The second-order valence-electron chi connectivity index (χ2n) is 6.48. The van der Waals surface area contributed by atoms with E-state index in [1.807, 2.05) is 0 Å². The maximum Gasteiger partial charge on any atom is 0.433 e. The highest BCUT2D eigenvalue weighted by molar-refractivity contribution is 7.85. The number of alkyl halides is 3. The van der Waals surface area contributed by atoms with E-state index < -0.39 is 39.2 Å². The van der Waals surface area contributed by atoms with E-state index >= 15 is 0 Å². The number of aromatic nitrogens is 2. The van der Waals surface area contributed by atoms with Crippen LogP contribution in [-0.4, -0.2) is 43.3 Å². The number of nitrogens with zero attached hydrogens (tertiary/aromatic N) is 2. The van der Waals surface area contributed by atoms with Crippen molar-refractivity contribution in [3.8, 4) is 0 Å². The Morgan fingerprint density at radius 2 is 2.00 bits per heavy atom. The van der Waals surface area contributed by atoms with Crippen molar-refractivity contribution in [3.05, 3.63) is 27.9 Å². The largest absolute Gasteiger partial charge is 0.433 e. The molecule has 1 heterocycles. The number of rotatable bonds is 5. The van der Waals surface area contributed by atoms with E-state index in [1.54, 1.807) is 11.9 Å². The Balaban J connectivity index is 2.08. The van der Waals surface area contributed by atoms with Gasteiger partial charge >= 0.3 is 6.18 Å². The van der Waals surface area contributed by atoms with Crippen LogP contribution in [0.4, 0.5) is 13.2 Å². The normalized spacial score (nSPS) is 18.3. The van der Waals surface area contributed by atoms with E-state index in [1.165, 1.54) is 6.92 Å². The molecule has 0 radical (unpaired) electrons. The number of halogens is 3. The van der Waals surface area contributed by atoms with Crippen LogP contribution in [0.5, 0.6) is 0 Å². The van der Waals surface area contributed by atoms with Crippen LogP contribution in [0, 0.1) is 0 Å². The first-order chi connectivity index (χ1) is 12.1. The van der Waals surface area contributed by atoms with Gasteiger partial charge in [0.25, 0.3) is 5.56 Å². The van der Waals surface area contributed by atoms with Gasteiger partial charge in [-0.25, -0.2) is 4.98 Å². The predicted molar refractivity (Wildman–Crippen MR) is 90.8 cm³/mol. The Morgan fingerprint density at radius 3 is 2.58 bits per heavy atom. The number of amides is 1. The number of carbonyl (C=O) groups excluding carboxylic acids is 1. The SMILES string of the molecule is CC(C(=O)N(C)C1CCCCC1)S(=O)Cc1nc(C(F)(F)F)cc(=O)[nH]1. The molecule has 1 aromatic heterocycles. The lowest BCUT2D eigenvalue weighted by Gasteiger charge is -2.32. The van der Waals surface area contributed by atoms with E-state index in [-0.39, 0.29) is 17.8 Å². The molecule has 1 N–H and O–H groups in total. The minimum Gasteiger partial charge on any atom is -0.342 e. The summed E-state index contributed by atoms with van der Waals surface area (Å²) in [4.78, 5) is 31.0. The lowest BCUT2D eigenvalue weighted by molar-refractivity contribution is -0.141. The van der Waals surface area contributed by atoms with Crippen LogP contribution >= 0.6 is 0 Å². The zero-order chi connectivity index (χ0) is 19.5. The van der Waals surface area contributed by atoms with Crippen molar-refractivity contribution in [2.24, 2.45) is 0 Å². The molecule has 2 atom stereocenters. The van der Waals surface area contributed by atoms with Gasteiger partial charge in [-0.15, -0.1) is 0 Å². The Hall–Kier alpha value is -1.71. The summed E-state index contributed by atoms with van der Waals surface area (Å²) < 4.78 is 50.6. The maximum atomic E-state index is 12.7. The Bertz CT molecular complexity index is 729. The molecule has 6 nitrogen and oxygen atoms in total. The summed E-state index contributed by atoms with van der Waals surface area (Å²) in [5.74, 6) is -1.09. The van der Waals surface area contributed by atoms with Crippen molar-refractivity contribution in [1.82, 2.24) is 14.9 Å². The molecule has 1 aliphatic carbocycles. The number of H-pyrrole nitrogens is 1. The fourth-order valence-electron chi connectivity index (χ4n) is 3.03. The third-order valence-corrected chi connectivity index (χ3v) is 6.12. The van der Waals surface area contributed by atoms with Crippen LogP contribution < -0.4 is 5.56 Å². The number of aromatic amines is 1. The second kappa shape index (κ2) is 8.32. The number of hydrogen-bond donors (Lipinski definition) is 1. The standard InChI is InChI=1S/C16H22F3N3O3S/c1-10(15(24)22(2)11-6-4-3-5-7-11)26(25)9-13-20-12(16(17,18)19)8-14(23)21-13/h8,10-11H,3-7,9H2,1-2H3,(H,20,21,23). The molecule has 1 saturated carbocycles. The molecule has 0 aliphatic heterocycles. The summed E-state index contributed by atoms with van der Waals surface area (Å²) in [7, 11) is -0.142. The van der Waals surface area contributed by atoms with Crippen LogP contribution in [0.1, 0.15) is 50.5 Å². The monoisotopic (exact) mass is 393 g/mol. The topological polar surface area (TPSA) is 83.1 Å². The Morgan fingerprint density at radius 1 is 1.38 bits per heavy atom. The lowest BCUT2D eigenvalue weighted by atomic mass is 9.94. The first kappa shape index (κ1) is 20.6. The minimum atomic E-state index is -4.77. The smallest absolute Gasteiger partial charge is 0.342 e. The third-order valence-electron chi connectivity index (χ3n) is 4.57. The van der Waals surface area contributed by atoms with E-state index in [0.29, 0.717) is 6.07 Å². The molecule has 0 spiro atoms. The van der Waals surface area contributed by atoms with Crippen molar-refractivity contribution in [3.63, 3.8) is 0 Å². The highest BCUT2D eigenvalue weighted by Gasteiger charge is 2.34. The number of nitrogens with one attached hydrogen (secondary N) is 1. The molecule has 1 amide bonds. The summed E-state index contributed by atoms with van der Waals surface area (Å²) in [5.41, 5.74) is -2.32. The van der Waals surface area contributed by atoms with Crippen LogP contribution in [0.25, 0.3) is 0 Å². The molecule has 146 valence electrons. The minimum absolute atomic E-state index is 0.0992. The van der Waals surface area contributed by atoms with Gasteiger partial charge < -0.3 is 9.88 Å². The van der Waals surface area contributed by atoms with Gasteiger partial charge in [-0.3, -0.25) is 13.8 Å². The molecular weight excluding hydrogens is 371 g/mol. The number of hydrogen-bond acceptors (Lipinski definition) is 4. The molecule has 10 heteroatoms. The Labute approximate surface area is 151 Å². The number of carbonyl (C=O) groups is 1. The van der Waals surface area contributed by atoms with Gasteiger partial charge in [0.15, 0.2) is 5.69 Å². The van der Waals surface area contributed by atoms with Gasteiger partial charge in [-0.1, -0.05) is 19.3 Å². The zero-order valence-corrected chi connectivity index (χ0v) is 15.5. The fourth-order valence-corrected chi connectivity index (χ4v) is 4.08. The molecule has 1 fully saturated rings. The van der Waals surface area contributed by atoms with Crippen molar-refractivity contribution in [2.75, 3.05) is 7.05 Å². The Kier molecular flexibility index (Phi) is 6.59. The van der Waals surface area contributed by atoms with Gasteiger partial charge in [0.05, 0.1) is 5.75 Å². The van der Waals surface area contributed by atoms with E-state index in [2.05, 4.69) is 9.97 Å². The van der Waals surface area contributed by atoms with Crippen molar-refractivity contribution in [2.45, 2.75) is 62.2 Å². The summed E-state index contributed by atoms with van der Waals surface area (Å²) >= 11 is 0.